The van der Waals surface area contributed by atoms with Gasteiger partial charge in [-0.2, -0.15) is 0 Å². The van der Waals surface area contributed by atoms with Crippen LogP contribution < -0.4 is 0 Å². The molecule has 0 unspecified atom stereocenters. The minimum Gasteiger partial charge on any atom is -0.478 e. The van der Waals surface area contributed by atoms with E-state index in [-0.39, 0.29) is 12.2 Å². The first-order valence-corrected chi connectivity index (χ1v) is 6.71. The molecular weight excluding hydrogens is 248 g/mol. The van der Waals surface area contributed by atoms with Crippen molar-refractivity contribution < 1.29 is 27.9 Å². The molecule has 7 heteroatoms. The summed E-state index contributed by atoms with van der Waals surface area (Å²) < 4.78 is 27.6. The molecule has 0 radical (unpaired) electrons. The quantitative estimate of drug-likeness (QED) is 0.547. The number of carboxylic acid groups (broad SMARTS) is 1. The highest BCUT2D eigenvalue weighted by Crippen LogP contribution is 2.50. The van der Waals surface area contributed by atoms with Crippen molar-refractivity contribution in [1.82, 2.24) is 0 Å². The van der Waals surface area contributed by atoms with Crippen LogP contribution in [0.15, 0.2) is 11.5 Å². The van der Waals surface area contributed by atoms with Gasteiger partial charge in [0.1, 0.15) is 0 Å². The van der Waals surface area contributed by atoms with E-state index in [4.69, 9.17) is 5.11 Å². The van der Waals surface area contributed by atoms with Crippen LogP contribution in [0.25, 0.3) is 0 Å². The summed E-state index contributed by atoms with van der Waals surface area (Å²) >= 11 is 0. The third-order valence-corrected chi connectivity index (χ3v) is 4.19. The number of esters is 1. The number of sulfone groups is 1. The van der Waals surface area contributed by atoms with E-state index in [1.807, 2.05) is 0 Å². The number of methoxy groups -OCH3 is 1. The molecule has 1 rings (SSSR count). The second-order valence-electron chi connectivity index (χ2n) is 4.20. The molecular formula is C10H14O6S. The van der Waals surface area contributed by atoms with Gasteiger partial charge >= 0.3 is 11.9 Å². The van der Waals surface area contributed by atoms with Crippen molar-refractivity contribution in [3.8, 4) is 0 Å². The number of carbonyl (C=O) groups is 2. The summed E-state index contributed by atoms with van der Waals surface area (Å²) in [4.78, 5) is 21.3. The topological polar surface area (TPSA) is 97.7 Å². The van der Waals surface area contributed by atoms with Crippen LogP contribution in [-0.2, 0) is 24.2 Å². The molecule has 1 saturated carbocycles. The molecule has 6 nitrogen and oxygen atoms in total. The van der Waals surface area contributed by atoms with E-state index in [1.54, 1.807) is 0 Å². The van der Waals surface area contributed by atoms with Gasteiger partial charge in [-0.05, 0) is 18.3 Å². The molecule has 1 aliphatic rings. The molecule has 1 fully saturated rings. The molecule has 0 aromatic carbocycles. The lowest BCUT2D eigenvalue weighted by Gasteiger charge is -2.11. The fraction of sp³-hybridized carbons (Fsp3) is 0.600. The van der Waals surface area contributed by atoms with E-state index < -0.39 is 27.2 Å². The zero-order valence-electron chi connectivity index (χ0n) is 9.38. The summed E-state index contributed by atoms with van der Waals surface area (Å²) in [5.41, 5.74) is -0.561. The maximum absolute atomic E-state index is 11.6. The first-order chi connectivity index (χ1) is 7.79. The standard InChI is InChI=1S/C10H14O6S/c1-16-9(13)6-10(3-4-10)7-17(14,15)5-2-8(11)12/h2,5H,3-4,6-7H2,1H3,(H,11,12)/b5-2+. The van der Waals surface area contributed by atoms with Crippen molar-refractivity contribution in [1.29, 1.82) is 0 Å². The zero-order chi connectivity index (χ0) is 13.1. The highest BCUT2D eigenvalue weighted by molar-refractivity contribution is 7.94. The Hall–Kier alpha value is -1.37. The number of rotatable bonds is 6. The molecule has 96 valence electrons. The van der Waals surface area contributed by atoms with E-state index in [1.165, 1.54) is 7.11 Å². The van der Waals surface area contributed by atoms with Crippen molar-refractivity contribution in [3.05, 3.63) is 11.5 Å². The van der Waals surface area contributed by atoms with Crippen LogP contribution in [-0.4, -0.2) is 38.3 Å². The fourth-order valence-corrected chi connectivity index (χ4v) is 3.23. The Kier molecular flexibility index (Phi) is 3.92. The minimum atomic E-state index is -3.59. The molecule has 0 atom stereocenters. The van der Waals surface area contributed by atoms with E-state index in [0.29, 0.717) is 24.3 Å². The minimum absolute atomic E-state index is 0.0592. The predicted molar refractivity (Wildman–Crippen MR) is 58.9 cm³/mol. The summed E-state index contributed by atoms with van der Waals surface area (Å²) in [6.07, 6.45) is 1.93. The van der Waals surface area contributed by atoms with Crippen LogP contribution >= 0.6 is 0 Å². The Morgan fingerprint density at radius 2 is 2.00 bits per heavy atom. The highest BCUT2D eigenvalue weighted by atomic mass is 32.2. The van der Waals surface area contributed by atoms with Crippen LogP contribution in [0.2, 0.25) is 0 Å². The van der Waals surface area contributed by atoms with Gasteiger partial charge in [0.15, 0.2) is 9.84 Å². The van der Waals surface area contributed by atoms with E-state index >= 15 is 0 Å². The van der Waals surface area contributed by atoms with Gasteiger partial charge in [0.25, 0.3) is 0 Å². The van der Waals surface area contributed by atoms with Gasteiger partial charge in [0.05, 0.1) is 19.3 Å². The van der Waals surface area contributed by atoms with Gasteiger partial charge < -0.3 is 9.84 Å². The second-order valence-corrected chi connectivity index (χ2v) is 6.09. The van der Waals surface area contributed by atoms with Gasteiger partial charge in [0.2, 0.25) is 0 Å². The smallest absolute Gasteiger partial charge is 0.329 e. The average Bonchev–Trinajstić information content (AvgIpc) is 2.94. The maximum atomic E-state index is 11.6. The summed E-state index contributed by atoms with van der Waals surface area (Å²) in [6.45, 7) is 0. The number of aliphatic carboxylic acids is 1. The summed E-state index contributed by atoms with van der Waals surface area (Å²) in [5, 5.41) is 9.02. The van der Waals surface area contributed by atoms with Crippen molar-refractivity contribution in [2.24, 2.45) is 5.41 Å². The summed E-state index contributed by atoms with van der Waals surface area (Å²) in [5.74, 6) is -1.97. The molecule has 0 aliphatic heterocycles. The third-order valence-electron chi connectivity index (χ3n) is 2.63. The molecule has 0 heterocycles. The van der Waals surface area contributed by atoms with Crippen molar-refractivity contribution in [2.75, 3.05) is 12.9 Å². The lowest BCUT2D eigenvalue weighted by Crippen LogP contribution is -2.20. The van der Waals surface area contributed by atoms with Gasteiger partial charge in [-0.3, -0.25) is 4.79 Å². The predicted octanol–water partition coefficient (Wildman–Crippen LogP) is 0.343. The van der Waals surface area contributed by atoms with Gasteiger partial charge in [-0.15, -0.1) is 0 Å². The first-order valence-electron chi connectivity index (χ1n) is 4.99. The van der Waals surface area contributed by atoms with E-state index in [0.717, 1.165) is 0 Å². The van der Waals surface area contributed by atoms with E-state index in [9.17, 15) is 18.0 Å². The first kappa shape index (κ1) is 13.7. The molecule has 0 saturated heterocycles. The normalized spacial score (nSPS) is 17.9. The molecule has 0 spiro atoms. The monoisotopic (exact) mass is 262 g/mol. The Balaban J connectivity index is 2.65. The van der Waals surface area contributed by atoms with Crippen molar-refractivity contribution >= 4 is 21.8 Å². The second kappa shape index (κ2) is 4.87. The van der Waals surface area contributed by atoms with Crippen LogP contribution in [0.4, 0.5) is 0 Å². The molecule has 0 bridgehead atoms. The molecule has 1 N–H and O–H groups in total. The molecule has 0 amide bonds. The third kappa shape index (κ3) is 4.56. The number of ether oxygens (including phenoxy) is 1. The van der Waals surface area contributed by atoms with Crippen molar-refractivity contribution in [2.45, 2.75) is 19.3 Å². The molecule has 0 aromatic heterocycles. The highest BCUT2D eigenvalue weighted by Gasteiger charge is 2.47. The summed E-state index contributed by atoms with van der Waals surface area (Å²) in [7, 11) is -2.35. The Bertz CT molecular complexity index is 443. The lowest BCUT2D eigenvalue weighted by molar-refractivity contribution is -0.141. The fourth-order valence-electron chi connectivity index (χ4n) is 1.56. The Labute approximate surface area is 99.2 Å². The van der Waals surface area contributed by atoms with Crippen molar-refractivity contribution in [3.63, 3.8) is 0 Å². The van der Waals surface area contributed by atoms with Gasteiger partial charge in [-0.25, -0.2) is 13.2 Å². The van der Waals surface area contributed by atoms with Crippen LogP contribution in [0.5, 0.6) is 0 Å². The Morgan fingerprint density at radius 1 is 1.41 bits per heavy atom. The molecule has 17 heavy (non-hydrogen) atoms. The zero-order valence-corrected chi connectivity index (χ0v) is 10.2. The number of carboxylic acids is 1. The maximum Gasteiger partial charge on any atom is 0.329 e. The van der Waals surface area contributed by atoms with E-state index in [2.05, 4.69) is 4.74 Å². The SMILES string of the molecule is COC(=O)CC1(CS(=O)(=O)/C=C/C(=O)O)CC1. The van der Waals surface area contributed by atoms with Crippen LogP contribution in [0.1, 0.15) is 19.3 Å². The largest absolute Gasteiger partial charge is 0.478 e. The number of carbonyl (C=O) groups excluding carboxylic acids is 1. The molecule has 0 aromatic rings. The Morgan fingerprint density at radius 3 is 2.41 bits per heavy atom. The lowest BCUT2D eigenvalue weighted by atomic mass is 10.1. The van der Waals surface area contributed by atoms with Crippen LogP contribution in [0, 0.1) is 5.41 Å². The van der Waals surface area contributed by atoms with Gasteiger partial charge in [-0.1, -0.05) is 0 Å². The molecule has 1 aliphatic carbocycles. The summed E-state index contributed by atoms with van der Waals surface area (Å²) in [6, 6.07) is 0. The van der Waals surface area contributed by atoms with Gasteiger partial charge in [0, 0.05) is 11.5 Å². The number of hydrogen-bond acceptors (Lipinski definition) is 5. The average molecular weight is 262 g/mol. The number of hydrogen-bond donors (Lipinski definition) is 1. The van der Waals surface area contributed by atoms with Crippen LogP contribution in [0.3, 0.4) is 0 Å².